The van der Waals surface area contributed by atoms with Crippen LogP contribution < -0.4 is 5.32 Å². The summed E-state index contributed by atoms with van der Waals surface area (Å²) in [6.45, 7) is 6.09. The minimum absolute atomic E-state index is 0.175. The number of hydrogen-bond acceptors (Lipinski definition) is 2. The molecule has 1 saturated heterocycles. The van der Waals surface area contributed by atoms with Gasteiger partial charge in [0, 0.05) is 19.2 Å². The summed E-state index contributed by atoms with van der Waals surface area (Å²) in [7, 11) is 0. The normalized spacial score (nSPS) is 32.3. The molecule has 1 fully saturated rings. The second-order valence-electron chi connectivity index (χ2n) is 4.52. The first-order valence-corrected chi connectivity index (χ1v) is 5.63. The Hall–Kier alpha value is -0.860. The lowest BCUT2D eigenvalue weighted by atomic mass is 9.96. The maximum atomic E-state index is 5.98. The fraction of sp³-hybridized carbons (Fsp3) is 0.538. The van der Waals surface area contributed by atoms with Crippen molar-refractivity contribution in [2.75, 3.05) is 13.2 Å². The van der Waals surface area contributed by atoms with Crippen LogP contribution in [0.15, 0.2) is 30.3 Å². The Balaban J connectivity index is 2.19. The van der Waals surface area contributed by atoms with Crippen molar-refractivity contribution in [3.63, 3.8) is 0 Å². The molecule has 2 heteroatoms. The molecule has 1 aromatic carbocycles. The van der Waals surface area contributed by atoms with Gasteiger partial charge in [-0.15, -0.1) is 0 Å². The average Bonchev–Trinajstić information content (AvgIpc) is 2.44. The van der Waals surface area contributed by atoms with Gasteiger partial charge in [0.15, 0.2) is 0 Å². The molecular weight excluding hydrogens is 186 g/mol. The quantitative estimate of drug-likeness (QED) is 0.759. The van der Waals surface area contributed by atoms with E-state index in [9.17, 15) is 0 Å². The van der Waals surface area contributed by atoms with E-state index in [-0.39, 0.29) is 5.60 Å². The minimum atomic E-state index is -0.175. The van der Waals surface area contributed by atoms with Gasteiger partial charge < -0.3 is 10.1 Å². The highest BCUT2D eigenvalue weighted by molar-refractivity contribution is 5.22. The van der Waals surface area contributed by atoms with Gasteiger partial charge in [0.2, 0.25) is 0 Å². The Kier molecular flexibility index (Phi) is 3.08. The number of ether oxygens (including phenoxy) is 1. The molecular formula is C13H19NO. The molecule has 0 spiro atoms. The van der Waals surface area contributed by atoms with Gasteiger partial charge in [0.25, 0.3) is 0 Å². The number of hydrogen-bond donors (Lipinski definition) is 1. The average molecular weight is 205 g/mol. The molecule has 1 N–H and O–H groups in total. The van der Waals surface area contributed by atoms with Crippen LogP contribution in [-0.4, -0.2) is 19.2 Å². The summed E-state index contributed by atoms with van der Waals surface area (Å²) in [4.78, 5) is 0. The second kappa shape index (κ2) is 4.33. The molecule has 0 aliphatic carbocycles. The predicted octanol–water partition coefficient (Wildman–Crippen LogP) is 2.30. The lowest BCUT2D eigenvalue weighted by Gasteiger charge is -2.28. The third kappa shape index (κ3) is 2.39. The van der Waals surface area contributed by atoms with Gasteiger partial charge >= 0.3 is 0 Å². The molecule has 82 valence electrons. The first-order chi connectivity index (χ1) is 7.21. The Morgan fingerprint density at radius 1 is 1.33 bits per heavy atom. The van der Waals surface area contributed by atoms with E-state index in [0.29, 0.717) is 6.04 Å². The lowest BCUT2D eigenvalue weighted by molar-refractivity contribution is -0.0231. The first kappa shape index (κ1) is 10.7. The van der Waals surface area contributed by atoms with E-state index in [1.807, 2.05) is 6.07 Å². The van der Waals surface area contributed by atoms with E-state index in [1.54, 1.807) is 0 Å². The smallest absolute Gasteiger partial charge is 0.103 e. The number of benzene rings is 1. The van der Waals surface area contributed by atoms with E-state index < -0.39 is 0 Å². The monoisotopic (exact) mass is 205 g/mol. The van der Waals surface area contributed by atoms with Gasteiger partial charge in [-0.05, 0) is 25.8 Å². The zero-order valence-electron chi connectivity index (χ0n) is 9.49. The van der Waals surface area contributed by atoms with E-state index in [4.69, 9.17) is 4.74 Å². The molecule has 0 saturated carbocycles. The van der Waals surface area contributed by atoms with Crippen LogP contribution in [0.5, 0.6) is 0 Å². The number of rotatable bonds is 1. The third-order valence-corrected chi connectivity index (χ3v) is 3.14. The van der Waals surface area contributed by atoms with Gasteiger partial charge in [-0.1, -0.05) is 30.3 Å². The van der Waals surface area contributed by atoms with Gasteiger partial charge in [0.05, 0.1) is 0 Å². The van der Waals surface area contributed by atoms with Crippen molar-refractivity contribution < 1.29 is 4.74 Å². The molecule has 0 bridgehead atoms. The molecule has 1 heterocycles. The topological polar surface area (TPSA) is 21.3 Å². The van der Waals surface area contributed by atoms with Crippen molar-refractivity contribution in [3.05, 3.63) is 35.9 Å². The SMILES string of the molecule is CC1CCOC(C)(c2ccccc2)CN1. The summed E-state index contributed by atoms with van der Waals surface area (Å²) in [5.74, 6) is 0. The van der Waals surface area contributed by atoms with E-state index in [1.165, 1.54) is 5.56 Å². The van der Waals surface area contributed by atoms with Crippen molar-refractivity contribution in [2.45, 2.75) is 31.9 Å². The van der Waals surface area contributed by atoms with Crippen molar-refractivity contribution in [3.8, 4) is 0 Å². The fourth-order valence-electron chi connectivity index (χ4n) is 1.96. The Bertz CT molecular complexity index is 312. The van der Waals surface area contributed by atoms with E-state index in [2.05, 4.69) is 43.4 Å². The maximum Gasteiger partial charge on any atom is 0.103 e. The van der Waals surface area contributed by atoms with Crippen LogP contribution >= 0.6 is 0 Å². The molecule has 1 aliphatic heterocycles. The standard InChI is InChI=1S/C13H19NO/c1-11-8-9-15-13(2,10-14-11)12-6-4-3-5-7-12/h3-7,11,14H,8-10H2,1-2H3. The van der Waals surface area contributed by atoms with Crippen LogP contribution in [-0.2, 0) is 10.3 Å². The highest BCUT2D eigenvalue weighted by Gasteiger charge is 2.29. The molecule has 1 aromatic rings. The molecule has 1 aliphatic rings. The van der Waals surface area contributed by atoms with Gasteiger partial charge in [-0.3, -0.25) is 0 Å². The minimum Gasteiger partial charge on any atom is -0.369 e. The van der Waals surface area contributed by atoms with Crippen LogP contribution in [0.25, 0.3) is 0 Å². The highest BCUT2D eigenvalue weighted by atomic mass is 16.5. The summed E-state index contributed by atoms with van der Waals surface area (Å²) < 4.78 is 5.98. The maximum absolute atomic E-state index is 5.98. The molecule has 0 amide bonds. The molecule has 15 heavy (non-hydrogen) atoms. The molecule has 2 rings (SSSR count). The van der Waals surface area contributed by atoms with Crippen LogP contribution in [0.3, 0.4) is 0 Å². The van der Waals surface area contributed by atoms with Crippen LogP contribution in [0.1, 0.15) is 25.8 Å². The number of nitrogens with one attached hydrogen (secondary N) is 1. The Labute approximate surface area is 91.6 Å². The van der Waals surface area contributed by atoms with Gasteiger partial charge in [-0.25, -0.2) is 0 Å². The second-order valence-corrected chi connectivity index (χ2v) is 4.52. The third-order valence-electron chi connectivity index (χ3n) is 3.14. The van der Waals surface area contributed by atoms with Crippen LogP contribution in [0.4, 0.5) is 0 Å². The fourth-order valence-corrected chi connectivity index (χ4v) is 1.96. The van der Waals surface area contributed by atoms with Crippen molar-refractivity contribution in [1.82, 2.24) is 5.32 Å². The molecule has 0 aromatic heterocycles. The summed E-state index contributed by atoms with van der Waals surface area (Å²) in [5, 5.41) is 3.51. The van der Waals surface area contributed by atoms with Crippen molar-refractivity contribution in [2.24, 2.45) is 0 Å². The molecule has 2 atom stereocenters. The van der Waals surface area contributed by atoms with Gasteiger partial charge in [-0.2, -0.15) is 0 Å². The van der Waals surface area contributed by atoms with E-state index in [0.717, 1.165) is 19.6 Å². The zero-order chi connectivity index (χ0) is 10.7. The van der Waals surface area contributed by atoms with E-state index >= 15 is 0 Å². The Morgan fingerprint density at radius 3 is 2.80 bits per heavy atom. The Morgan fingerprint density at radius 2 is 2.07 bits per heavy atom. The summed E-state index contributed by atoms with van der Waals surface area (Å²) in [5.41, 5.74) is 1.08. The predicted molar refractivity (Wildman–Crippen MR) is 61.8 cm³/mol. The van der Waals surface area contributed by atoms with Gasteiger partial charge in [0.1, 0.15) is 5.60 Å². The van der Waals surface area contributed by atoms with Crippen molar-refractivity contribution in [1.29, 1.82) is 0 Å². The molecule has 0 radical (unpaired) electrons. The summed E-state index contributed by atoms with van der Waals surface area (Å²) in [6.07, 6.45) is 1.09. The summed E-state index contributed by atoms with van der Waals surface area (Å²) >= 11 is 0. The zero-order valence-corrected chi connectivity index (χ0v) is 9.49. The molecule has 2 nitrogen and oxygen atoms in total. The highest BCUT2D eigenvalue weighted by Crippen LogP contribution is 2.26. The molecule has 2 unspecified atom stereocenters. The van der Waals surface area contributed by atoms with Crippen LogP contribution in [0.2, 0.25) is 0 Å². The lowest BCUT2D eigenvalue weighted by Crippen LogP contribution is -2.37. The van der Waals surface area contributed by atoms with Crippen LogP contribution in [0, 0.1) is 0 Å². The summed E-state index contributed by atoms with van der Waals surface area (Å²) in [6, 6.07) is 11.0. The largest absolute Gasteiger partial charge is 0.369 e. The first-order valence-electron chi connectivity index (χ1n) is 5.63. The van der Waals surface area contributed by atoms with Crippen molar-refractivity contribution >= 4 is 0 Å².